The van der Waals surface area contributed by atoms with Crippen LogP contribution in [0.3, 0.4) is 0 Å². The molecule has 5 nitrogen and oxygen atoms in total. The van der Waals surface area contributed by atoms with Gasteiger partial charge in [0.1, 0.15) is 11.6 Å². The zero-order chi connectivity index (χ0) is 17.8. The summed E-state index contributed by atoms with van der Waals surface area (Å²) < 4.78 is 29.3. The monoisotopic (exact) mass is 353 g/mol. The van der Waals surface area contributed by atoms with Crippen molar-refractivity contribution in [2.45, 2.75) is 18.8 Å². The van der Waals surface area contributed by atoms with Gasteiger partial charge < -0.3 is 15.7 Å². The molecule has 0 spiro atoms. The third-order valence-electron chi connectivity index (χ3n) is 4.90. The molecule has 5 rings (SSSR count). The molecular formula is C19H17F2N5. The molecule has 3 N–H and O–H groups in total. The number of hydrogen-bond acceptors (Lipinski definition) is 3. The fourth-order valence-electron chi connectivity index (χ4n) is 3.46. The Labute approximate surface area is 148 Å². The minimum Gasteiger partial charge on any atom is -0.357 e. The number of benzene rings is 2. The molecular weight excluding hydrogens is 336 g/mol. The minimum atomic E-state index is -0.621. The first-order valence-corrected chi connectivity index (χ1v) is 8.57. The standard InChI is InChI=1S/C19H17F2N5/c1-22-26-17-5-4-11(10-2-3-10)6-15(17)24-19(26)25-16-9-23-18-13(16)7-12(20)8-14(18)21/h4-10,22-23H,2-3H2,1H3,(H,24,25). The Kier molecular flexibility index (Phi) is 3.19. The molecule has 0 aliphatic heterocycles. The van der Waals surface area contributed by atoms with Gasteiger partial charge in [-0.25, -0.2) is 18.4 Å². The molecule has 1 aliphatic carbocycles. The SMILES string of the molecule is CNn1c(Nc2c[nH]c3c(F)cc(F)cc23)nc2cc(C3CC3)ccc21. The van der Waals surface area contributed by atoms with Gasteiger partial charge in [-0.1, -0.05) is 6.07 Å². The fraction of sp³-hybridized carbons (Fsp3) is 0.211. The lowest BCUT2D eigenvalue weighted by molar-refractivity contribution is 0.591. The lowest BCUT2D eigenvalue weighted by Crippen LogP contribution is -2.11. The number of rotatable bonds is 4. The van der Waals surface area contributed by atoms with Gasteiger partial charge in [-0.05, 0) is 42.5 Å². The van der Waals surface area contributed by atoms with Gasteiger partial charge in [0.25, 0.3) is 0 Å². The quantitative estimate of drug-likeness (QED) is 0.503. The van der Waals surface area contributed by atoms with Crippen molar-refractivity contribution >= 4 is 33.6 Å². The summed E-state index contributed by atoms with van der Waals surface area (Å²) in [4.78, 5) is 7.51. The first kappa shape index (κ1) is 15.2. The van der Waals surface area contributed by atoms with Crippen LogP contribution in [0.1, 0.15) is 24.3 Å². The van der Waals surface area contributed by atoms with E-state index in [1.165, 1.54) is 24.5 Å². The van der Waals surface area contributed by atoms with E-state index in [2.05, 4.69) is 32.8 Å². The summed E-state index contributed by atoms with van der Waals surface area (Å²) in [6.45, 7) is 0. The average molecular weight is 353 g/mol. The second kappa shape index (κ2) is 5.45. The second-order valence-corrected chi connectivity index (χ2v) is 6.65. The molecule has 7 heteroatoms. The number of imidazole rings is 1. The average Bonchev–Trinajstić information content (AvgIpc) is 3.31. The second-order valence-electron chi connectivity index (χ2n) is 6.65. The number of fused-ring (bicyclic) bond motifs is 2. The molecule has 0 atom stereocenters. The summed E-state index contributed by atoms with van der Waals surface area (Å²) in [5, 5.41) is 3.62. The van der Waals surface area contributed by atoms with E-state index in [1.54, 1.807) is 13.2 Å². The summed E-state index contributed by atoms with van der Waals surface area (Å²) in [6, 6.07) is 8.46. The Balaban J connectivity index is 1.60. The maximum Gasteiger partial charge on any atom is 0.227 e. The van der Waals surface area contributed by atoms with Gasteiger partial charge in [-0.2, -0.15) is 0 Å². The van der Waals surface area contributed by atoms with Crippen molar-refractivity contribution < 1.29 is 8.78 Å². The van der Waals surface area contributed by atoms with E-state index >= 15 is 0 Å². The van der Waals surface area contributed by atoms with E-state index in [1.807, 2.05) is 10.7 Å². The molecule has 0 radical (unpaired) electrons. The Bertz CT molecular complexity index is 1140. The van der Waals surface area contributed by atoms with Crippen LogP contribution in [0.2, 0.25) is 0 Å². The summed E-state index contributed by atoms with van der Waals surface area (Å²) in [7, 11) is 1.80. The highest BCUT2D eigenvalue weighted by Crippen LogP contribution is 2.41. The highest BCUT2D eigenvalue weighted by atomic mass is 19.1. The zero-order valence-corrected chi connectivity index (χ0v) is 14.1. The highest BCUT2D eigenvalue weighted by molar-refractivity contribution is 5.94. The van der Waals surface area contributed by atoms with Crippen LogP contribution in [-0.4, -0.2) is 21.7 Å². The Hall–Kier alpha value is -3.09. The van der Waals surface area contributed by atoms with Gasteiger partial charge in [0, 0.05) is 24.7 Å². The van der Waals surface area contributed by atoms with Crippen LogP contribution in [0.25, 0.3) is 21.9 Å². The van der Waals surface area contributed by atoms with Crippen molar-refractivity contribution in [3.63, 3.8) is 0 Å². The van der Waals surface area contributed by atoms with Crippen molar-refractivity contribution in [1.82, 2.24) is 14.6 Å². The van der Waals surface area contributed by atoms with Crippen molar-refractivity contribution in [3.8, 4) is 0 Å². The highest BCUT2D eigenvalue weighted by Gasteiger charge is 2.24. The third-order valence-corrected chi connectivity index (χ3v) is 4.90. The number of anilines is 2. The van der Waals surface area contributed by atoms with Crippen LogP contribution < -0.4 is 10.7 Å². The van der Waals surface area contributed by atoms with E-state index in [4.69, 9.17) is 0 Å². The molecule has 1 fully saturated rings. The summed E-state index contributed by atoms with van der Waals surface area (Å²) >= 11 is 0. The van der Waals surface area contributed by atoms with Gasteiger partial charge >= 0.3 is 0 Å². The van der Waals surface area contributed by atoms with E-state index in [0.717, 1.165) is 17.1 Å². The number of aromatic nitrogens is 3. The molecule has 0 bridgehead atoms. The summed E-state index contributed by atoms with van der Waals surface area (Å²) in [5.74, 6) is -0.0331. The number of aromatic amines is 1. The van der Waals surface area contributed by atoms with E-state index < -0.39 is 11.6 Å². The molecule has 26 heavy (non-hydrogen) atoms. The Morgan fingerprint density at radius 3 is 2.81 bits per heavy atom. The molecule has 2 heterocycles. The molecule has 2 aromatic carbocycles. The molecule has 1 aliphatic rings. The number of H-pyrrole nitrogens is 1. The fourth-order valence-corrected chi connectivity index (χ4v) is 3.46. The summed E-state index contributed by atoms with van der Waals surface area (Å²) in [6.07, 6.45) is 4.08. The molecule has 0 amide bonds. The molecule has 132 valence electrons. The first-order chi connectivity index (χ1) is 12.6. The molecule has 0 saturated heterocycles. The maximum atomic E-state index is 13.9. The first-order valence-electron chi connectivity index (χ1n) is 8.57. The zero-order valence-electron chi connectivity index (χ0n) is 14.1. The predicted molar refractivity (Wildman–Crippen MR) is 98.5 cm³/mol. The van der Waals surface area contributed by atoms with E-state index in [9.17, 15) is 8.78 Å². The maximum absolute atomic E-state index is 13.9. The van der Waals surface area contributed by atoms with E-state index in [0.29, 0.717) is 22.9 Å². The summed E-state index contributed by atoms with van der Waals surface area (Å²) in [5.41, 5.74) is 7.05. The number of halogens is 2. The van der Waals surface area contributed by atoms with Crippen LogP contribution in [0.5, 0.6) is 0 Å². The topological polar surface area (TPSA) is 57.7 Å². The van der Waals surface area contributed by atoms with Crippen LogP contribution in [0, 0.1) is 11.6 Å². The molecule has 1 saturated carbocycles. The number of nitrogens with one attached hydrogen (secondary N) is 3. The third kappa shape index (κ3) is 2.31. The van der Waals surface area contributed by atoms with Crippen molar-refractivity contribution in [3.05, 3.63) is 53.7 Å². The van der Waals surface area contributed by atoms with Gasteiger partial charge in [-0.15, -0.1) is 0 Å². The molecule has 2 aromatic heterocycles. The largest absolute Gasteiger partial charge is 0.357 e. The Morgan fingerprint density at radius 1 is 1.19 bits per heavy atom. The van der Waals surface area contributed by atoms with Gasteiger partial charge in [0.2, 0.25) is 5.95 Å². The molecule has 4 aromatic rings. The lowest BCUT2D eigenvalue weighted by Gasteiger charge is -2.09. The molecule has 0 unspecified atom stereocenters. The van der Waals surface area contributed by atoms with Gasteiger partial charge in [0.05, 0.1) is 22.2 Å². The number of hydrogen-bond donors (Lipinski definition) is 3. The predicted octanol–water partition coefficient (Wildman–Crippen LogP) is 4.59. The van der Waals surface area contributed by atoms with Crippen molar-refractivity contribution in [2.75, 3.05) is 17.8 Å². The van der Waals surface area contributed by atoms with E-state index in [-0.39, 0.29) is 5.52 Å². The smallest absolute Gasteiger partial charge is 0.227 e. The van der Waals surface area contributed by atoms with Crippen LogP contribution in [0.4, 0.5) is 20.4 Å². The van der Waals surface area contributed by atoms with Crippen molar-refractivity contribution in [1.29, 1.82) is 0 Å². The van der Waals surface area contributed by atoms with Crippen molar-refractivity contribution in [2.24, 2.45) is 0 Å². The van der Waals surface area contributed by atoms with Gasteiger partial charge in [-0.3, -0.25) is 0 Å². The van der Waals surface area contributed by atoms with Crippen LogP contribution in [-0.2, 0) is 0 Å². The normalized spacial score (nSPS) is 14.3. The minimum absolute atomic E-state index is 0.261. The number of nitrogens with zero attached hydrogens (tertiary/aromatic N) is 2. The lowest BCUT2D eigenvalue weighted by atomic mass is 10.1. The van der Waals surface area contributed by atoms with Crippen LogP contribution in [0.15, 0.2) is 36.5 Å². The van der Waals surface area contributed by atoms with Gasteiger partial charge in [0.15, 0.2) is 0 Å². The Morgan fingerprint density at radius 2 is 2.04 bits per heavy atom. The van der Waals surface area contributed by atoms with Crippen LogP contribution >= 0.6 is 0 Å².